The van der Waals surface area contributed by atoms with E-state index in [1.54, 1.807) is 12.1 Å². The number of hydrogen-bond donors (Lipinski definition) is 0. The molecule has 2 rings (SSSR count). The summed E-state index contributed by atoms with van der Waals surface area (Å²) in [6, 6.07) is 5.77. The Morgan fingerprint density at radius 3 is 2.58 bits per heavy atom. The standard InChI is InChI=1S/C13H15NO4S/c1-3-11-8-9-18-13(15)14(11)19(16,17)12-6-4-10(2)5-7-12/h3-7,11H,1,8-9H2,2H3. The summed E-state index contributed by atoms with van der Waals surface area (Å²) >= 11 is 0. The number of nitrogens with zero attached hydrogens (tertiary/aromatic N) is 1. The zero-order valence-corrected chi connectivity index (χ0v) is 11.4. The highest BCUT2D eigenvalue weighted by molar-refractivity contribution is 7.89. The number of amides is 1. The van der Waals surface area contributed by atoms with Gasteiger partial charge >= 0.3 is 6.09 Å². The van der Waals surface area contributed by atoms with E-state index >= 15 is 0 Å². The topological polar surface area (TPSA) is 63.7 Å². The van der Waals surface area contributed by atoms with Crippen LogP contribution in [0, 0.1) is 6.92 Å². The molecule has 0 saturated carbocycles. The fraction of sp³-hybridized carbons (Fsp3) is 0.308. The third-order valence-electron chi connectivity index (χ3n) is 2.97. The molecule has 1 fully saturated rings. The summed E-state index contributed by atoms with van der Waals surface area (Å²) in [5.74, 6) is 0. The van der Waals surface area contributed by atoms with E-state index in [-0.39, 0.29) is 11.5 Å². The van der Waals surface area contributed by atoms with Crippen LogP contribution in [0.3, 0.4) is 0 Å². The van der Waals surface area contributed by atoms with Crippen molar-refractivity contribution < 1.29 is 17.9 Å². The minimum absolute atomic E-state index is 0.0730. The fourth-order valence-electron chi connectivity index (χ4n) is 1.90. The molecule has 1 aromatic rings. The van der Waals surface area contributed by atoms with E-state index in [0.29, 0.717) is 6.42 Å². The van der Waals surface area contributed by atoms with E-state index < -0.39 is 22.2 Å². The maximum absolute atomic E-state index is 12.5. The van der Waals surface area contributed by atoms with Gasteiger partial charge in [-0.1, -0.05) is 23.8 Å². The monoisotopic (exact) mass is 281 g/mol. The number of aryl methyl sites for hydroxylation is 1. The molecule has 6 heteroatoms. The average molecular weight is 281 g/mol. The zero-order chi connectivity index (χ0) is 14.0. The molecule has 0 aliphatic carbocycles. The lowest BCUT2D eigenvalue weighted by molar-refractivity contribution is 0.0886. The van der Waals surface area contributed by atoms with Crippen molar-refractivity contribution in [1.82, 2.24) is 4.31 Å². The summed E-state index contributed by atoms with van der Waals surface area (Å²) in [5.41, 5.74) is 0.945. The van der Waals surface area contributed by atoms with Gasteiger partial charge in [-0.25, -0.2) is 13.2 Å². The second kappa shape index (κ2) is 5.05. The number of cyclic esters (lactones) is 1. The Balaban J connectivity index is 2.44. The van der Waals surface area contributed by atoms with Gasteiger partial charge in [0.05, 0.1) is 17.5 Å². The van der Waals surface area contributed by atoms with Gasteiger partial charge in [-0.2, -0.15) is 4.31 Å². The Bertz CT molecular complexity index is 592. The molecule has 1 unspecified atom stereocenters. The summed E-state index contributed by atoms with van der Waals surface area (Å²) in [5, 5.41) is 0. The first kappa shape index (κ1) is 13.6. The molecule has 19 heavy (non-hydrogen) atoms. The molecule has 5 nitrogen and oxygen atoms in total. The molecule has 102 valence electrons. The highest BCUT2D eigenvalue weighted by Crippen LogP contribution is 2.24. The second-order valence-electron chi connectivity index (χ2n) is 4.32. The van der Waals surface area contributed by atoms with Gasteiger partial charge in [-0.15, -0.1) is 6.58 Å². The average Bonchev–Trinajstić information content (AvgIpc) is 2.38. The highest BCUT2D eigenvalue weighted by atomic mass is 32.2. The van der Waals surface area contributed by atoms with Crippen molar-refractivity contribution in [3.05, 3.63) is 42.5 Å². The van der Waals surface area contributed by atoms with Gasteiger partial charge in [0.15, 0.2) is 0 Å². The van der Waals surface area contributed by atoms with Crippen LogP contribution in [0.15, 0.2) is 41.8 Å². The minimum atomic E-state index is -3.90. The normalized spacial score (nSPS) is 19.9. The van der Waals surface area contributed by atoms with Gasteiger partial charge in [0.2, 0.25) is 0 Å². The Morgan fingerprint density at radius 1 is 1.37 bits per heavy atom. The molecule has 1 atom stereocenters. The van der Waals surface area contributed by atoms with E-state index in [1.165, 1.54) is 18.2 Å². The number of ether oxygens (including phenoxy) is 1. The van der Waals surface area contributed by atoms with Crippen LogP contribution in [0.5, 0.6) is 0 Å². The van der Waals surface area contributed by atoms with Crippen molar-refractivity contribution in [3.63, 3.8) is 0 Å². The molecule has 1 amide bonds. The van der Waals surface area contributed by atoms with E-state index in [1.807, 2.05) is 6.92 Å². The van der Waals surface area contributed by atoms with E-state index in [4.69, 9.17) is 4.74 Å². The van der Waals surface area contributed by atoms with Crippen LogP contribution >= 0.6 is 0 Å². The van der Waals surface area contributed by atoms with Crippen LogP contribution in [0.2, 0.25) is 0 Å². The van der Waals surface area contributed by atoms with Crippen LogP contribution < -0.4 is 0 Å². The number of rotatable bonds is 3. The first-order valence-electron chi connectivity index (χ1n) is 5.87. The highest BCUT2D eigenvalue weighted by Gasteiger charge is 2.38. The van der Waals surface area contributed by atoms with Gasteiger partial charge in [-0.3, -0.25) is 0 Å². The van der Waals surface area contributed by atoms with Crippen molar-refractivity contribution >= 4 is 16.1 Å². The SMILES string of the molecule is C=CC1CCOC(=O)N1S(=O)(=O)c1ccc(C)cc1. The van der Waals surface area contributed by atoms with Crippen LogP contribution in [0.4, 0.5) is 4.79 Å². The molecule has 1 aliphatic heterocycles. The fourth-order valence-corrected chi connectivity index (χ4v) is 3.40. The van der Waals surface area contributed by atoms with Crippen LogP contribution in [0.25, 0.3) is 0 Å². The number of carbonyl (C=O) groups is 1. The quantitative estimate of drug-likeness (QED) is 0.796. The Kier molecular flexibility index (Phi) is 3.61. The van der Waals surface area contributed by atoms with E-state index in [9.17, 15) is 13.2 Å². The molecule has 0 aromatic heterocycles. The molecule has 1 saturated heterocycles. The van der Waals surface area contributed by atoms with Gasteiger partial charge in [0.25, 0.3) is 10.0 Å². The molecule has 0 N–H and O–H groups in total. The molecule has 0 bridgehead atoms. The summed E-state index contributed by atoms with van der Waals surface area (Å²) in [6.45, 7) is 5.64. The van der Waals surface area contributed by atoms with Crippen LogP contribution in [0.1, 0.15) is 12.0 Å². The van der Waals surface area contributed by atoms with Crippen LogP contribution in [-0.4, -0.2) is 31.5 Å². The first-order valence-corrected chi connectivity index (χ1v) is 7.31. The number of benzene rings is 1. The molecular weight excluding hydrogens is 266 g/mol. The molecule has 1 heterocycles. The van der Waals surface area contributed by atoms with Gasteiger partial charge in [0, 0.05) is 6.42 Å². The van der Waals surface area contributed by atoms with Gasteiger partial charge in [0.1, 0.15) is 0 Å². The third-order valence-corrected chi connectivity index (χ3v) is 4.78. The van der Waals surface area contributed by atoms with Gasteiger partial charge in [-0.05, 0) is 19.1 Å². The predicted octanol–water partition coefficient (Wildman–Crippen LogP) is 2.08. The second-order valence-corrected chi connectivity index (χ2v) is 6.13. The maximum atomic E-state index is 12.5. The summed E-state index contributed by atoms with van der Waals surface area (Å²) < 4.78 is 30.5. The first-order chi connectivity index (χ1) is 8.96. The Labute approximate surface area is 112 Å². The lowest BCUT2D eigenvalue weighted by Gasteiger charge is -2.32. The Hall–Kier alpha value is -1.82. The molecular formula is C13H15NO4S. The summed E-state index contributed by atoms with van der Waals surface area (Å²) in [4.78, 5) is 11.8. The van der Waals surface area contributed by atoms with Crippen molar-refractivity contribution in [1.29, 1.82) is 0 Å². The van der Waals surface area contributed by atoms with E-state index in [0.717, 1.165) is 9.87 Å². The number of sulfonamides is 1. The van der Waals surface area contributed by atoms with E-state index in [2.05, 4.69) is 6.58 Å². The van der Waals surface area contributed by atoms with Crippen LogP contribution in [-0.2, 0) is 14.8 Å². The van der Waals surface area contributed by atoms with Crippen molar-refractivity contribution in [2.45, 2.75) is 24.3 Å². The maximum Gasteiger partial charge on any atom is 0.424 e. The Morgan fingerprint density at radius 2 is 2.00 bits per heavy atom. The van der Waals surface area contributed by atoms with Crippen molar-refractivity contribution in [3.8, 4) is 0 Å². The lowest BCUT2D eigenvalue weighted by atomic mass is 10.2. The van der Waals surface area contributed by atoms with Crippen molar-refractivity contribution in [2.75, 3.05) is 6.61 Å². The molecule has 0 spiro atoms. The lowest BCUT2D eigenvalue weighted by Crippen LogP contribution is -2.48. The van der Waals surface area contributed by atoms with Gasteiger partial charge < -0.3 is 4.74 Å². The largest absolute Gasteiger partial charge is 0.449 e. The number of hydrogen-bond acceptors (Lipinski definition) is 4. The summed E-state index contributed by atoms with van der Waals surface area (Å²) in [6.07, 6.45) is 1.02. The smallest absolute Gasteiger partial charge is 0.424 e. The molecule has 1 aliphatic rings. The number of carbonyl (C=O) groups excluding carboxylic acids is 1. The zero-order valence-electron chi connectivity index (χ0n) is 10.6. The molecule has 0 radical (unpaired) electrons. The minimum Gasteiger partial charge on any atom is -0.449 e. The predicted molar refractivity (Wildman–Crippen MR) is 70.2 cm³/mol. The summed E-state index contributed by atoms with van der Waals surface area (Å²) in [7, 11) is -3.90. The molecule has 1 aromatic carbocycles. The third kappa shape index (κ3) is 2.49. The van der Waals surface area contributed by atoms with Crippen molar-refractivity contribution in [2.24, 2.45) is 0 Å².